The maximum Gasteiger partial charge on any atom is 0.342 e. The average molecular weight is 594 g/mol. The summed E-state index contributed by atoms with van der Waals surface area (Å²) in [6.45, 7) is 10.3. The lowest BCUT2D eigenvalue weighted by molar-refractivity contribution is -0.238. The molecular weight excluding hydrogens is 558 g/mol. The Morgan fingerprint density at radius 2 is 1.86 bits per heavy atom. The number of carbonyl (C=O) groups excluding carboxylic acids is 3. The van der Waals surface area contributed by atoms with Crippen molar-refractivity contribution in [1.82, 2.24) is 15.0 Å². The number of aromatic nitrogens is 3. The van der Waals surface area contributed by atoms with Crippen LogP contribution in [0, 0.1) is 35.0 Å². The Labute approximate surface area is 247 Å². The fraction of sp³-hybridized carbons (Fsp3) is 0.645. The lowest BCUT2D eigenvalue weighted by Gasteiger charge is -2.47. The van der Waals surface area contributed by atoms with E-state index in [-0.39, 0.29) is 18.9 Å². The van der Waals surface area contributed by atoms with Crippen LogP contribution in [-0.4, -0.2) is 73.8 Å². The van der Waals surface area contributed by atoms with Gasteiger partial charge in [0.25, 0.3) is 0 Å². The van der Waals surface area contributed by atoms with E-state index in [1.54, 1.807) is 10.9 Å². The van der Waals surface area contributed by atoms with Gasteiger partial charge in [-0.1, -0.05) is 50.3 Å². The highest BCUT2D eigenvalue weighted by Gasteiger charge is 3.01. The Kier molecular flexibility index (Phi) is 5.20. The quantitative estimate of drug-likeness (QED) is 0.400. The molecule has 2 saturated carbocycles. The number of hydrogen-bond acceptors (Lipinski definition) is 11. The molecule has 0 radical (unpaired) electrons. The number of benzene rings is 1. The molecule has 4 aliphatic heterocycles. The molecule has 10 atom stereocenters. The fourth-order valence-electron chi connectivity index (χ4n) is 9.85. The van der Waals surface area contributed by atoms with Crippen LogP contribution in [0.15, 0.2) is 30.5 Å². The van der Waals surface area contributed by atoms with Crippen molar-refractivity contribution in [1.29, 1.82) is 0 Å². The van der Waals surface area contributed by atoms with E-state index in [2.05, 4.69) is 31.1 Å². The minimum absolute atomic E-state index is 0.0412. The fourth-order valence-corrected chi connectivity index (χ4v) is 9.85. The van der Waals surface area contributed by atoms with Gasteiger partial charge in [-0.25, -0.2) is 14.3 Å². The summed E-state index contributed by atoms with van der Waals surface area (Å²) in [6.07, 6.45) is -1.74. The second-order valence-electron chi connectivity index (χ2n) is 14.2. The molecule has 6 aliphatic rings. The van der Waals surface area contributed by atoms with Gasteiger partial charge in [0, 0.05) is 6.42 Å². The molecule has 4 saturated heterocycles. The minimum atomic E-state index is -1.99. The molecule has 2 aliphatic carbocycles. The van der Waals surface area contributed by atoms with E-state index in [0.29, 0.717) is 18.7 Å². The molecule has 12 heteroatoms. The van der Waals surface area contributed by atoms with Crippen LogP contribution in [0.3, 0.4) is 0 Å². The first kappa shape index (κ1) is 27.2. The van der Waals surface area contributed by atoms with Crippen molar-refractivity contribution < 1.29 is 43.2 Å². The van der Waals surface area contributed by atoms with Crippen molar-refractivity contribution in [3.05, 3.63) is 47.3 Å². The predicted molar refractivity (Wildman–Crippen MR) is 143 cm³/mol. The van der Waals surface area contributed by atoms with Gasteiger partial charge in [0.2, 0.25) is 11.9 Å². The zero-order chi connectivity index (χ0) is 30.3. The number of rotatable bonds is 5. The summed E-state index contributed by atoms with van der Waals surface area (Å²) in [4.78, 5) is 40.3. The van der Waals surface area contributed by atoms with Crippen molar-refractivity contribution in [3.8, 4) is 0 Å². The Balaban J connectivity index is 1.19. The summed E-state index contributed by atoms with van der Waals surface area (Å²) in [5, 5.41) is 20.8. The highest BCUT2D eigenvalue weighted by molar-refractivity contribution is 5.93. The first-order valence-electron chi connectivity index (χ1n) is 14.9. The smallest absolute Gasteiger partial charge is 0.342 e. The summed E-state index contributed by atoms with van der Waals surface area (Å²) in [5.74, 6) is -3.28. The van der Waals surface area contributed by atoms with Gasteiger partial charge in [-0.15, -0.1) is 5.10 Å². The van der Waals surface area contributed by atoms with Crippen molar-refractivity contribution in [2.45, 2.75) is 96.4 Å². The van der Waals surface area contributed by atoms with Crippen LogP contribution in [0.1, 0.15) is 57.4 Å². The van der Waals surface area contributed by atoms with Crippen molar-refractivity contribution >= 4 is 17.9 Å². The number of carbonyl (C=O) groups is 3. The molecule has 43 heavy (non-hydrogen) atoms. The second kappa shape index (κ2) is 8.22. The van der Waals surface area contributed by atoms with Crippen LogP contribution in [0.5, 0.6) is 0 Å². The summed E-state index contributed by atoms with van der Waals surface area (Å²) in [7, 11) is 0. The Bertz CT molecular complexity index is 1580. The lowest BCUT2D eigenvalue weighted by Crippen LogP contribution is -2.66. The van der Waals surface area contributed by atoms with Crippen LogP contribution in [0.25, 0.3) is 0 Å². The molecule has 12 nitrogen and oxygen atoms in total. The molecule has 8 rings (SSSR count). The molecule has 2 aromatic rings. The van der Waals surface area contributed by atoms with Crippen LogP contribution in [-0.2, 0) is 51.2 Å². The summed E-state index contributed by atoms with van der Waals surface area (Å²) in [6, 6.07) is 8.02. The first-order valence-corrected chi connectivity index (χ1v) is 14.9. The lowest BCUT2D eigenvalue weighted by atomic mass is 9.51. The largest absolute Gasteiger partial charge is 0.459 e. The standard InChI is InChI=1S/C31H35N3O9/c1-15-8-6-7-9-17(15)12-34-13-18(32-33-34)14-39-22-24(36)42-26-29(22)19(27(3,4)5)10-20-28(29)11-21-30(38,16(2)23(35)40-21)31(28,43-26)25(37)41-20/h6-9,13,16,19-22,26,38H,10-12,14H2,1-5H3/t16-,19+,20-,21+,22+,26+,28-,29+,30-,31-/m1/s1. The number of hydrogen-bond donors (Lipinski definition) is 1. The van der Waals surface area contributed by atoms with Crippen LogP contribution < -0.4 is 0 Å². The maximum absolute atomic E-state index is 13.9. The topological polar surface area (TPSA) is 148 Å². The Hall–Kier alpha value is -3.35. The third kappa shape index (κ3) is 2.86. The number of aliphatic hydroxyl groups is 1. The van der Waals surface area contributed by atoms with E-state index in [0.717, 1.165) is 11.1 Å². The molecule has 0 unspecified atom stereocenters. The molecule has 0 amide bonds. The van der Waals surface area contributed by atoms with Crippen molar-refractivity contribution in [3.63, 3.8) is 0 Å². The number of fused-ring (bicyclic) bond motifs is 1. The molecule has 1 aromatic carbocycles. The van der Waals surface area contributed by atoms with E-state index in [4.69, 9.17) is 23.7 Å². The van der Waals surface area contributed by atoms with E-state index in [9.17, 15) is 19.5 Å². The first-order chi connectivity index (χ1) is 20.3. The zero-order valence-electron chi connectivity index (χ0n) is 24.7. The number of ether oxygens (including phenoxy) is 5. The van der Waals surface area contributed by atoms with Crippen molar-refractivity contribution in [2.24, 2.45) is 28.1 Å². The van der Waals surface area contributed by atoms with E-state index >= 15 is 0 Å². The molecule has 1 N–H and O–H groups in total. The SMILES string of the molecule is Cc1ccccc1Cn1cc(CO[C@H]2C(=O)O[C@H]3O[C@]45C(=O)O[C@@H]6C[C@@H](C(C)(C)C)[C@@]32[C@@]64C[C@@H]2OC(=O)[C@@H](C)[C@@]25O)nn1. The van der Waals surface area contributed by atoms with Crippen LogP contribution >= 0.6 is 0 Å². The maximum atomic E-state index is 13.9. The van der Waals surface area contributed by atoms with Gasteiger partial charge in [-0.3, -0.25) is 4.79 Å². The van der Waals surface area contributed by atoms with Gasteiger partial charge in [0.05, 0.1) is 36.1 Å². The molecule has 228 valence electrons. The van der Waals surface area contributed by atoms with Gasteiger partial charge < -0.3 is 28.8 Å². The van der Waals surface area contributed by atoms with Gasteiger partial charge in [0.1, 0.15) is 17.9 Å². The van der Waals surface area contributed by atoms with Crippen LogP contribution in [0.2, 0.25) is 0 Å². The predicted octanol–water partition coefficient (Wildman–Crippen LogP) is 1.83. The molecule has 5 heterocycles. The van der Waals surface area contributed by atoms with E-state index in [1.807, 2.05) is 31.2 Å². The molecular formula is C31H35N3O9. The highest BCUT2D eigenvalue weighted by Crippen LogP contribution is 2.85. The summed E-state index contributed by atoms with van der Waals surface area (Å²) < 4.78 is 32.4. The third-order valence-electron chi connectivity index (χ3n) is 11.5. The third-order valence-corrected chi connectivity index (χ3v) is 11.5. The number of nitrogens with zero attached hydrogens (tertiary/aromatic N) is 3. The normalized spacial score (nSPS) is 43.7. The zero-order valence-corrected chi connectivity index (χ0v) is 24.7. The summed E-state index contributed by atoms with van der Waals surface area (Å²) in [5.41, 5.74) is -4.02. The summed E-state index contributed by atoms with van der Waals surface area (Å²) >= 11 is 0. The average Bonchev–Trinajstić information content (AvgIpc) is 3.74. The van der Waals surface area contributed by atoms with E-state index < -0.39 is 75.9 Å². The highest BCUT2D eigenvalue weighted by atomic mass is 16.8. The molecule has 1 aromatic heterocycles. The van der Waals surface area contributed by atoms with Gasteiger partial charge in [0.15, 0.2) is 11.7 Å². The van der Waals surface area contributed by atoms with Crippen LogP contribution in [0.4, 0.5) is 0 Å². The molecule has 2 spiro atoms. The second-order valence-corrected chi connectivity index (χ2v) is 14.2. The molecule has 0 bridgehead atoms. The minimum Gasteiger partial charge on any atom is -0.459 e. The number of aryl methyl sites for hydroxylation is 1. The Morgan fingerprint density at radius 1 is 1.09 bits per heavy atom. The Morgan fingerprint density at radius 3 is 2.60 bits per heavy atom. The van der Waals surface area contributed by atoms with Gasteiger partial charge in [-0.05, 0) is 42.7 Å². The van der Waals surface area contributed by atoms with Crippen molar-refractivity contribution in [2.75, 3.05) is 0 Å². The van der Waals surface area contributed by atoms with E-state index in [1.165, 1.54) is 6.92 Å². The monoisotopic (exact) mass is 593 g/mol. The molecule has 6 fully saturated rings. The van der Waals surface area contributed by atoms with Gasteiger partial charge >= 0.3 is 17.9 Å². The van der Waals surface area contributed by atoms with Gasteiger partial charge in [-0.2, -0.15) is 0 Å². The number of esters is 3.